The number of aryl methyl sites for hydroxylation is 1. The third kappa shape index (κ3) is 3.13. The lowest BCUT2D eigenvalue weighted by Crippen LogP contribution is -2.38. The summed E-state index contributed by atoms with van der Waals surface area (Å²) < 4.78 is 6.53. The maximum Gasteiger partial charge on any atom is 0.270 e. The second-order valence-corrected chi connectivity index (χ2v) is 6.77. The summed E-state index contributed by atoms with van der Waals surface area (Å²) in [6, 6.07) is 4.84. The number of aromatic nitrogens is 1. The Hall–Kier alpha value is -1.51. The first-order valence-electron chi connectivity index (χ1n) is 6.77. The molecule has 1 saturated heterocycles. The molecule has 2 aromatic rings. The number of thiazole rings is 1. The molecule has 8 heteroatoms. The molecule has 6 nitrogen and oxygen atoms in total. The summed E-state index contributed by atoms with van der Waals surface area (Å²) >= 11 is 5.03. The maximum absolute atomic E-state index is 10.8. The Morgan fingerprint density at radius 1 is 1.55 bits per heavy atom. The fourth-order valence-corrected chi connectivity index (χ4v) is 3.86. The molecule has 1 aliphatic rings. The molecular weight excluding hydrogens is 370 g/mol. The Balaban J connectivity index is 1.81. The summed E-state index contributed by atoms with van der Waals surface area (Å²) in [5, 5.41) is 13.8. The van der Waals surface area contributed by atoms with Crippen molar-refractivity contribution in [3.63, 3.8) is 0 Å². The van der Waals surface area contributed by atoms with Gasteiger partial charge < -0.3 is 9.64 Å². The summed E-state index contributed by atoms with van der Waals surface area (Å²) in [7, 11) is 0. The first kappa shape index (κ1) is 15.4. The number of morpholine rings is 1. The summed E-state index contributed by atoms with van der Waals surface area (Å²) in [6.07, 6.45) is -0.0606. The van der Waals surface area contributed by atoms with Crippen LogP contribution in [0.1, 0.15) is 16.8 Å². The van der Waals surface area contributed by atoms with E-state index < -0.39 is 4.92 Å². The minimum absolute atomic E-state index is 0.0606. The molecule has 0 aliphatic carbocycles. The van der Waals surface area contributed by atoms with Crippen LogP contribution in [0.4, 0.5) is 11.4 Å². The average molecular weight is 384 g/mol. The van der Waals surface area contributed by atoms with Crippen LogP contribution in [0.3, 0.4) is 0 Å². The number of nitro benzene ring substituents is 1. The Morgan fingerprint density at radius 3 is 3.00 bits per heavy atom. The van der Waals surface area contributed by atoms with Gasteiger partial charge in [-0.25, -0.2) is 4.98 Å². The van der Waals surface area contributed by atoms with E-state index in [-0.39, 0.29) is 11.8 Å². The van der Waals surface area contributed by atoms with E-state index in [0.717, 1.165) is 27.4 Å². The second-order valence-electron chi connectivity index (χ2n) is 5.03. The van der Waals surface area contributed by atoms with E-state index in [2.05, 4.69) is 25.8 Å². The lowest BCUT2D eigenvalue weighted by Gasteiger charge is -2.34. The zero-order chi connectivity index (χ0) is 15.7. The van der Waals surface area contributed by atoms with Crippen molar-refractivity contribution in [2.24, 2.45) is 0 Å². The Morgan fingerprint density at radius 2 is 2.36 bits per heavy atom. The molecule has 1 unspecified atom stereocenters. The molecule has 0 spiro atoms. The van der Waals surface area contributed by atoms with Crippen LogP contribution in [0.2, 0.25) is 0 Å². The molecule has 0 saturated carbocycles. The van der Waals surface area contributed by atoms with Crippen molar-refractivity contribution >= 4 is 38.6 Å². The molecule has 0 amide bonds. The minimum atomic E-state index is -0.394. The van der Waals surface area contributed by atoms with Crippen molar-refractivity contribution in [3.8, 4) is 0 Å². The van der Waals surface area contributed by atoms with E-state index >= 15 is 0 Å². The number of non-ortho nitro benzene ring substituents is 1. The quantitative estimate of drug-likeness (QED) is 0.596. The van der Waals surface area contributed by atoms with Gasteiger partial charge in [0.05, 0.1) is 23.8 Å². The van der Waals surface area contributed by atoms with E-state index in [9.17, 15) is 10.1 Å². The molecule has 1 aromatic carbocycles. The van der Waals surface area contributed by atoms with E-state index in [1.165, 1.54) is 12.1 Å². The normalized spacial score (nSPS) is 18.5. The summed E-state index contributed by atoms with van der Waals surface area (Å²) in [4.78, 5) is 17.1. The fraction of sp³-hybridized carbons (Fsp3) is 0.357. The van der Waals surface area contributed by atoms with Gasteiger partial charge in [0.15, 0.2) is 0 Å². The highest BCUT2D eigenvalue weighted by atomic mass is 79.9. The predicted molar refractivity (Wildman–Crippen MR) is 88.6 cm³/mol. The Bertz CT molecular complexity index is 706. The molecule has 0 radical (unpaired) electrons. The van der Waals surface area contributed by atoms with Gasteiger partial charge in [-0.2, -0.15) is 0 Å². The van der Waals surface area contributed by atoms with Crippen molar-refractivity contribution in [1.29, 1.82) is 0 Å². The number of ether oxygens (including phenoxy) is 1. The largest absolute Gasteiger partial charge is 0.367 e. The first-order chi connectivity index (χ1) is 10.5. The fourth-order valence-electron chi connectivity index (χ4n) is 2.40. The van der Waals surface area contributed by atoms with Gasteiger partial charge in [0.1, 0.15) is 11.1 Å². The Kier molecular flexibility index (Phi) is 4.42. The predicted octanol–water partition coefficient (Wildman–Crippen LogP) is 3.70. The van der Waals surface area contributed by atoms with Crippen molar-refractivity contribution < 1.29 is 9.66 Å². The SMILES string of the molecule is Cc1csc(C2CN(c3ccc([N+](=O)[O-])cc3Br)CCO2)n1. The number of rotatable bonds is 3. The smallest absolute Gasteiger partial charge is 0.270 e. The summed E-state index contributed by atoms with van der Waals surface area (Å²) in [5.41, 5.74) is 2.01. The average Bonchev–Trinajstić information content (AvgIpc) is 2.94. The van der Waals surface area contributed by atoms with Crippen LogP contribution in [0.25, 0.3) is 0 Å². The van der Waals surface area contributed by atoms with Gasteiger partial charge in [-0.3, -0.25) is 10.1 Å². The van der Waals surface area contributed by atoms with Gasteiger partial charge in [0.25, 0.3) is 5.69 Å². The number of hydrogen-bond acceptors (Lipinski definition) is 6. The van der Waals surface area contributed by atoms with Crippen molar-refractivity contribution in [2.75, 3.05) is 24.6 Å². The molecule has 1 atom stereocenters. The Labute approximate surface area is 140 Å². The van der Waals surface area contributed by atoms with Gasteiger partial charge in [-0.05, 0) is 28.9 Å². The highest BCUT2D eigenvalue weighted by molar-refractivity contribution is 9.10. The van der Waals surface area contributed by atoms with E-state index in [1.807, 2.05) is 12.3 Å². The van der Waals surface area contributed by atoms with Gasteiger partial charge in [0, 0.05) is 34.2 Å². The standard InChI is InChI=1S/C14H14BrN3O3S/c1-9-8-22-14(16-9)13-7-17(4-5-21-13)12-3-2-10(18(19)20)6-11(12)15/h2-3,6,8,13H,4-5,7H2,1H3. The number of hydrogen-bond donors (Lipinski definition) is 0. The molecule has 1 fully saturated rings. The molecule has 1 aromatic heterocycles. The number of nitrogens with zero attached hydrogens (tertiary/aromatic N) is 3. The van der Waals surface area contributed by atoms with Crippen molar-refractivity contribution in [2.45, 2.75) is 13.0 Å². The van der Waals surface area contributed by atoms with Gasteiger partial charge in [0.2, 0.25) is 0 Å². The molecule has 1 aliphatic heterocycles. The first-order valence-corrected chi connectivity index (χ1v) is 8.44. The third-order valence-corrected chi connectivity index (χ3v) is 5.15. The molecule has 0 N–H and O–H groups in total. The van der Waals surface area contributed by atoms with Gasteiger partial charge in [-0.15, -0.1) is 11.3 Å². The molecule has 116 valence electrons. The number of halogens is 1. The summed E-state index contributed by atoms with van der Waals surface area (Å²) in [5.74, 6) is 0. The molecular formula is C14H14BrN3O3S. The van der Waals surface area contributed by atoms with Crippen LogP contribution in [0, 0.1) is 17.0 Å². The molecule has 22 heavy (non-hydrogen) atoms. The van der Waals surface area contributed by atoms with Crippen LogP contribution in [-0.4, -0.2) is 29.6 Å². The zero-order valence-corrected chi connectivity index (χ0v) is 14.3. The third-order valence-electron chi connectivity index (χ3n) is 3.46. The zero-order valence-electron chi connectivity index (χ0n) is 11.9. The van der Waals surface area contributed by atoms with Crippen LogP contribution in [0.15, 0.2) is 28.1 Å². The highest BCUT2D eigenvalue weighted by Crippen LogP contribution is 2.34. The van der Waals surface area contributed by atoms with Gasteiger partial charge in [-0.1, -0.05) is 0 Å². The lowest BCUT2D eigenvalue weighted by atomic mass is 10.2. The molecule has 0 bridgehead atoms. The maximum atomic E-state index is 10.8. The van der Waals surface area contributed by atoms with Crippen LogP contribution >= 0.6 is 27.3 Å². The molecule has 2 heterocycles. The highest BCUT2D eigenvalue weighted by Gasteiger charge is 2.26. The van der Waals surface area contributed by atoms with Crippen LogP contribution < -0.4 is 4.90 Å². The van der Waals surface area contributed by atoms with Crippen LogP contribution in [-0.2, 0) is 4.74 Å². The number of nitro groups is 1. The monoisotopic (exact) mass is 383 g/mol. The lowest BCUT2D eigenvalue weighted by molar-refractivity contribution is -0.384. The topological polar surface area (TPSA) is 68.5 Å². The summed E-state index contributed by atoms with van der Waals surface area (Å²) in [6.45, 7) is 4.00. The minimum Gasteiger partial charge on any atom is -0.367 e. The second kappa shape index (κ2) is 6.31. The van der Waals surface area contributed by atoms with Crippen LogP contribution in [0.5, 0.6) is 0 Å². The number of anilines is 1. The van der Waals surface area contributed by atoms with Crippen molar-refractivity contribution in [3.05, 3.63) is 48.9 Å². The van der Waals surface area contributed by atoms with E-state index in [0.29, 0.717) is 13.2 Å². The van der Waals surface area contributed by atoms with E-state index in [1.54, 1.807) is 17.4 Å². The van der Waals surface area contributed by atoms with E-state index in [4.69, 9.17) is 4.74 Å². The van der Waals surface area contributed by atoms with Gasteiger partial charge >= 0.3 is 0 Å². The molecule has 3 rings (SSSR count). The number of benzene rings is 1. The van der Waals surface area contributed by atoms with Crippen molar-refractivity contribution in [1.82, 2.24) is 4.98 Å².